The van der Waals surface area contributed by atoms with Crippen LogP contribution in [0.1, 0.15) is 31.9 Å². The van der Waals surface area contributed by atoms with Crippen molar-refractivity contribution in [2.24, 2.45) is 11.8 Å². The fraction of sp³-hybridized carbons (Fsp3) is 0.571. The summed E-state index contributed by atoms with van der Waals surface area (Å²) in [6.07, 6.45) is 0.00387. The van der Waals surface area contributed by atoms with Crippen molar-refractivity contribution in [1.29, 1.82) is 0 Å². The summed E-state index contributed by atoms with van der Waals surface area (Å²) >= 11 is 0. The van der Waals surface area contributed by atoms with Gasteiger partial charge in [-0.1, -0.05) is 26.0 Å². The predicted molar refractivity (Wildman–Crippen MR) is 109 cm³/mol. The third-order valence-corrected chi connectivity index (χ3v) is 5.51. The molecule has 8 heteroatoms. The molecule has 3 rings (SSSR count). The third-order valence-electron chi connectivity index (χ3n) is 5.51. The lowest BCUT2D eigenvalue weighted by atomic mass is 9.90. The number of hydroxylamine groups is 2. The first-order chi connectivity index (χ1) is 13.7. The first-order valence-electron chi connectivity index (χ1n) is 9.99. The van der Waals surface area contributed by atoms with Crippen molar-refractivity contribution in [2.45, 2.75) is 32.4 Å². The van der Waals surface area contributed by atoms with Crippen LogP contribution in [0.5, 0.6) is 0 Å². The number of hydrogen-bond acceptors (Lipinski definition) is 6. The lowest BCUT2D eigenvalue weighted by molar-refractivity contribution is -0.181. The summed E-state index contributed by atoms with van der Waals surface area (Å²) in [6.45, 7) is 4.74. The SMILES string of the molecule is CC(C)CCNC(=O)CN1OC2C(=O)N(C)C(=O)C2C1c1ccc(N(C)C)cc1. The van der Waals surface area contributed by atoms with Crippen molar-refractivity contribution < 1.29 is 19.2 Å². The minimum atomic E-state index is -0.880. The predicted octanol–water partition coefficient (Wildman–Crippen LogP) is 1.19. The van der Waals surface area contributed by atoms with Crippen molar-refractivity contribution in [3.63, 3.8) is 0 Å². The molecule has 1 aromatic rings. The Bertz CT molecular complexity index is 777. The number of imide groups is 1. The summed E-state index contributed by atoms with van der Waals surface area (Å²) in [4.78, 5) is 46.5. The number of nitrogens with zero attached hydrogens (tertiary/aromatic N) is 3. The van der Waals surface area contributed by atoms with Gasteiger partial charge in [-0.25, -0.2) is 0 Å². The first kappa shape index (κ1) is 21.3. The molecule has 8 nitrogen and oxygen atoms in total. The van der Waals surface area contributed by atoms with Crippen LogP contribution >= 0.6 is 0 Å². The summed E-state index contributed by atoms with van der Waals surface area (Å²) in [5.74, 6) is -0.983. The number of nitrogens with one attached hydrogen (secondary N) is 1. The molecule has 0 radical (unpaired) electrons. The molecule has 158 valence electrons. The Morgan fingerprint density at radius 2 is 1.83 bits per heavy atom. The number of fused-ring (bicyclic) bond motifs is 1. The van der Waals surface area contributed by atoms with Gasteiger partial charge in [-0.2, -0.15) is 5.06 Å². The Balaban J connectivity index is 1.82. The zero-order valence-corrected chi connectivity index (χ0v) is 17.7. The number of likely N-dealkylation sites (N-methyl/N-ethyl adjacent to an activating group) is 1. The lowest BCUT2D eigenvalue weighted by Gasteiger charge is -2.26. The highest BCUT2D eigenvalue weighted by atomic mass is 16.7. The second-order valence-corrected chi connectivity index (χ2v) is 8.33. The Morgan fingerprint density at radius 1 is 1.17 bits per heavy atom. The molecular weight excluding hydrogens is 372 g/mol. The Kier molecular flexibility index (Phi) is 6.24. The zero-order chi connectivity index (χ0) is 21.3. The molecule has 2 fully saturated rings. The van der Waals surface area contributed by atoms with Crippen LogP contribution in [0.25, 0.3) is 0 Å². The summed E-state index contributed by atoms with van der Waals surface area (Å²) in [6, 6.07) is 7.26. The molecule has 3 amide bonds. The smallest absolute Gasteiger partial charge is 0.261 e. The van der Waals surface area contributed by atoms with Crippen LogP contribution in [0, 0.1) is 11.8 Å². The molecular formula is C21H30N4O4. The number of likely N-dealkylation sites (tertiary alicyclic amines) is 1. The van der Waals surface area contributed by atoms with Gasteiger partial charge in [0.2, 0.25) is 11.8 Å². The van der Waals surface area contributed by atoms with Crippen LogP contribution in [0.2, 0.25) is 0 Å². The van der Waals surface area contributed by atoms with E-state index in [-0.39, 0.29) is 24.3 Å². The van der Waals surface area contributed by atoms with Crippen molar-refractivity contribution in [3.05, 3.63) is 29.8 Å². The highest BCUT2D eigenvalue weighted by Crippen LogP contribution is 2.44. The van der Waals surface area contributed by atoms with E-state index in [4.69, 9.17) is 4.84 Å². The van der Waals surface area contributed by atoms with E-state index >= 15 is 0 Å². The van der Waals surface area contributed by atoms with Gasteiger partial charge < -0.3 is 10.2 Å². The molecule has 3 atom stereocenters. The molecule has 2 aliphatic rings. The minimum absolute atomic E-state index is 0.0323. The topological polar surface area (TPSA) is 82.2 Å². The van der Waals surface area contributed by atoms with Crippen LogP contribution in [-0.2, 0) is 19.2 Å². The van der Waals surface area contributed by atoms with Crippen molar-refractivity contribution in [2.75, 3.05) is 39.1 Å². The largest absolute Gasteiger partial charge is 0.378 e. The molecule has 29 heavy (non-hydrogen) atoms. The Morgan fingerprint density at radius 3 is 2.41 bits per heavy atom. The van der Waals surface area contributed by atoms with E-state index in [0.29, 0.717) is 12.5 Å². The van der Waals surface area contributed by atoms with E-state index in [1.165, 1.54) is 12.1 Å². The number of carbonyl (C=O) groups excluding carboxylic acids is 3. The fourth-order valence-corrected chi connectivity index (χ4v) is 3.78. The van der Waals surface area contributed by atoms with Gasteiger partial charge in [-0.15, -0.1) is 0 Å². The number of amides is 3. The van der Waals surface area contributed by atoms with Gasteiger partial charge in [-0.3, -0.25) is 24.1 Å². The van der Waals surface area contributed by atoms with Gasteiger partial charge in [0, 0.05) is 33.4 Å². The minimum Gasteiger partial charge on any atom is -0.378 e. The van der Waals surface area contributed by atoms with Gasteiger partial charge in [0.05, 0.1) is 12.0 Å². The zero-order valence-electron chi connectivity index (χ0n) is 17.7. The second kappa shape index (κ2) is 8.51. The first-order valence-corrected chi connectivity index (χ1v) is 9.99. The van der Waals surface area contributed by atoms with Crippen molar-refractivity contribution >= 4 is 23.4 Å². The van der Waals surface area contributed by atoms with Crippen LogP contribution in [-0.4, -0.2) is 68.0 Å². The van der Waals surface area contributed by atoms with Gasteiger partial charge in [0.1, 0.15) is 6.54 Å². The average Bonchev–Trinajstić information content (AvgIpc) is 3.13. The summed E-state index contributed by atoms with van der Waals surface area (Å²) in [5, 5.41) is 4.38. The maximum absolute atomic E-state index is 12.7. The van der Waals surface area contributed by atoms with E-state index in [1.54, 1.807) is 0 Å². The number of carbonyl (C=O) groups is 3. The van der Waals surface area contributed by atoms with Crippen LogP contribution in [0.4, 0.5) is 5.69 Å². The van der Waals surface area contributed by atoms with Gasteiger partial charge in [-0.05, 0) is 30.0 Å². The van der Waals surface area contributed by atoms with Gasteiger partial charge >= 0.3 is 0 Å². The van der Waals surface area contributed by atoms with Crippen molar-refractivity contribution in [1.82, 2.24) is 15.3 Å². The molecule has 2 saturated heterocycles. The number of hydrogen-bond donors (Lipinski definition) is 1. The maximum Gasteiger partial charge on any atom is 0.261 e. The fourth-order valence-electron chi connectivity index (χ4n) is 3.78. The summed E-state index contributed by atoms with van der Waals surface area (Å²) in [7, 11) is 5.37. The average molecular weight is 402 g/mol. The molecule has 0 spiro atoms. The van der Waals surface area contributed by atoms with Crippen molar-refractivity contribution in [3.8, 4) is 0 Å². The number of benzene rings is 1. The molecule has 1 aromatic carbocycles. The number of rotatable bonds is 7. The highest BCUT2D eigenvalue weighted by molar-refractivity contribution is 6.07. The lowest BCUT2D eigenvalue weighted by Crippen LogP contribution is -2.40. The highest BCUT2D eigenvalue weighted by Gasteiger charge is 2.58. The third kappa shape index (κ3) is 4.28. The Hall–Kier alpha value is -2.45. The molecule has 2 heterocycles. The van der Waals surface area contributed by atoms with E-state index in [9.17, 15) is 14.4 Å². The van der Waals surface area contributed by atoms with Crippen LogP contribution in [0.15, 0.2) is 24.3 Å². The Labute approximate surface area is 171 Å². The van der Waals surface area contributed by atoms with E-state index in [1.807, 2.05) is 43.3 Å². The van der Waals surface area contributed by atoms with Crippen LogP contribution in [0.3, 0.4) is 0 Å². The van der Waals surface area contributed by atoms with E-state index in [0.717, 1.165) is 22.6 Å². The number of anilines is 1. The molecule has 1 N–H and O–H groups in total. The summed E-state index contributed by atoms with van der Waals surface area (Å²) in [5.41, 5.74) is 1.86. The van der Waals surface area contributed by atoms with E-state index in [2.05, 4.69) is 19.2 Å². The second-order valence-electron chi connectivity index (χ2n) is 8.33. The monoisotopic (exact) mass is 402 g/mol. The maximum atomic E-state index is 12.7. The quantitative estimate of drug-likeness (QED) is 0.690. The molecule has 0 aliphatic carbocycles. The standard InChI is InChI=1S/C21H30N4O4/c1-13(2)10-11-22-16(26)12-25-18(14-6-8-15(9-7-14)23(3)4)17-19(29-25)21(28)24(5)20(17)27/h6-9,13,17-19H,10-12H2,1-5H3,(H,22,26). The van der Waals surface area contributed by atoms with Crippen LogP contribution < -0.4 is 10.2 Å². The van der Waals surface area contributed by atoms with Gasteiger partial charge in [0.25, 0.3) is 5.91 Å². The molecule has 3 unspecified atom stereocenters. The molecule has 2 aliphatic heterocycles. The molecule has 0 bridgehead atoms. The normalized spacial score (nSPS) is 24.3. The van der Waals surface area contributed by atoms with Gasteiger partial charge in [0.15, 0.2) is 6.10 Å². The molecule has 0 aromatic heterocycles. The molecule has 0 saturated carbocycles. The van der Waals surface area contributed by atoms with E-state index < -0.39 is 18.1 Å². The summed E-state index contributed by atoms with van der Waals surface area (Å²) < 4.78 is 0.